The van der Waals surface area contributed by atoms with Crippen molar-refractivity contribution in [3.63, 3.8) is 0 Å². The van der Waals surface area contributed by atoms with E-state index in [1.54, 1.807) is 12.3 Å². The Hall–Kier alpha value is -2.17. The second-order valence-corrected chi connectivity index (χ2v) is 6.06. The Bertz CT molecular complexity index is 713. The highest BCUT2D eigenvalue weighted by Gasteiger charge is 2.23. The van der Waals surface area contributed by atoms with Crippen LogP contribution in [0.5, 0.6) is 0 Å². The minimum Gasteiger partial charge on any atom is -0.279 e. The minimum absolute atomic E-state index is 0.234. The predicted octanol–water partition coefficient (Wildman–Crippen LogP) is 3.52. The molecule has 0 saturated heterocycles. The molecule has 0 amide bonds. The molecule has 114 valence electrons. The van der Waals surface area contributed by atoms with Crippen LogP contribution in [-0.2, 0) is 6.42 Å². The number of aliphatic imine (C=N–C) groups is 1. The lowest BCUT2D eigenvalue weighted by Gasteiger charge is -2.18. The van der Waals surface area contributed by atoms with E-state index < -0.39 is 0 Å². The number of nitrogens with zero attached hydrogens (tertiary/aromatic N) is 3. The Morgan fingerprint density at radius 2 is 2.09 bits per heavy atom. The van der Waals surface area contributed by atoms with Crippen molar-refractivity contribution in [3.8, 4) is 11.3 Å². The number of hydrogen-bond acceptors (Lipinski definition) is 2. The lowest BCUT2D eigenvalue weighted by Crippen LogP contribution is -2.20. The van der Waals surface area contributed by atoms with Gasteiger partial charge in [0, 0.05) is 5.56 Å². The van der Waals surface area contributed by atoms with Gasteiger partial charge in [-0.3, -0.25) is 10.4 Å². The highest BCUT2D eigenvalue weighted by Crippen LogP contribution is 2.25. The van der Waals surface area contributed by atoms with E-state index in [0.29, 0.717) is 6.04 Å². The molecule has 0 bridgehead atoms. The van der Waals surface area contributed by atoms with Gasteiger partial charge < -0.3 is 0 Å². The summed E-state index contributed by atoms with van der Waals surface area (Å²) in [5.74, 6) is 1.68. The van der Waals surface area contributed by atoms with Crippen molar-refractivity contribution in [2.75, 3.05) is 5.43 Å². The fourth-order valence-corrected chi connectivity index (χ4v) is 3.31. The molecular formula is C17H19FN4. The SMILES string of the molecule is Fc1cccc(-c2cnc3n2NC(=NC2CCCCC2)C3)c1. The third-order valence-corrected chi connectivity index (χ3v) is 4.43. The Balaban J connectivity index is 1.58. The van der Waals surface area contributed by atoms with Gasteiger partial charge in [0.05, 0.1) is 24.4 Å². The monoisotopic (exact) mass is 298 g/mol. The summed E-state index contributed by atoms with van der Waals surface area (Å²) in [4.78, 5) is 9.29. The van der Waals surface area contributed by atoms with Crippen molar-refractivity contribution in [1.82, 2.24) is 9.66 Å². The summed E-state index contributed by atoms with van der Waals surface area (Å²) in [5, 5.41) is 0. The first kappa shape index (κ1) is 13.5. The smallest absolute Gasteiger partial charge is 0.136 e. The van der Waals surface area contributed by atoms with Gasteiger partial charge in [0.2, 0.25) is 0 Å². The zero-order valence-electron chi connectivity index (χ0n) is 12.4. The van der Waals surface area contributed by atoms with Crippen LogP contribution in [0.25, 0.3) is 11.3 Å². The van der Waals surface area contributed by atoms with Gasteiger partial charge in [-0.25, -0.2) is 14.1 Å². The first-order valence-electron chi connectivity index (χ1n) is 7.96. The summed E-state index contributed by atoms with van der Waals surface area (Å²) in [6, 6.07) is 7.04. The van der Waals surface area contributed by atoms with E-state index in [-0.39, 0.29) is 5.82 Å². The molecular weight excluding hydrogens is 279 g/mol. The number of halogens is 1. The number of aromatic nitrogens is 2. The molecule has 2 heterocycles. The van der Waals surface area contributed by atoms with Crippen LogP contribution in [0.4, 0.5) is 4.39 Å². The van der Waals surface area contributed by atoms with Gasteiger partial charge in [-0.2, -0.15) is 0 Å². The molecule has 0 spiro atoms. The van der Waals surface area contributed by atoms with Crippen LogP contribution in [0.15, 0.2) is 35.5 Å². The zero-order chi connectivity index (χ0) is 14.9. The van der Waals surface area contributed by atoms with Crippen molar-refractivity contribution in [1.29, 1.82) is 0 Å². The molecule has 5 heteroatoms. The molecule has 1 aromatic heterocycles. The summed E-state index contributed by atoms with van der Waals surface area (Å²) in [6.07, 6.45) is 8.77. The fraction of sp³-hybridized carbons (Fsp3) is 0.412. The molecule has 4 nitrogen and oxygen atoms in total. The molecule has 2 aromatic rings. The molecule has 0 atom stereocenters. The number of imidazole rings is 1. The van der Waals surface area contributed by atoms with Crippen molar-refractivity contribution in [3.05, 3.63) is 42.1 Å². The first-order valence-corrected chi connectivity index (χ1v) is 7.96. The van der Waals surface area contributed by atoms with E-state index in [1.807, 2.05) is 10.7 Å². The molecule has 0 radical (unpaired) electrons. The van der Waals surface area contributed by atoms with E-state index in [9.17, 15) is 4.39 Å². The summed E-state index contributed by atoms with van der Waals surface area (Å²) >= 11 is 0. The third-order valence-electron chi connectivity index (χ3n) is 4.43. The fourth-order valence-electron chi connectivity index (χ4n) is 3.31. The van der Waals surface area contributed by atoms with Crippen LogP contribution < -0.4 is 5.43 Å². The summed E-state index contributed by atoms with van der Waals surface area (Å²) in [5.41, 5.74) is 5.03. The molecule has 1 saturated carbocycles. The largest absolute Gasteiger partial charge is 0.279 e. The molecule has 1 aromatic carbocycles. The molecule has 1 fully saturated rings. The van der Waals surface area contributed by atoms with Crippen LogP contribution in [0.3, 0.4) is 0 Å². The molecule has 2 aliphatic rings. The van der Waals surface area contributed by atoms with E-state index in [2.05, 4.69) is 10.4 Å². The normalized spacial score (nSPS) is 20.1. The summed E-state index contributed by atoms with van der Waals surface area (Å²) < 4.78 is 15.3. The highest BCUT2D eigenvalue weighted by molar-refractivity contribution is 5.94. The molecule has 1 aliphatic carbocycles. The number of hydrogen-bond donors (Lipinski definition) is 1. The van der Waals surface area contributed by atoms with Crippen molar-refractivity contribution >= 4 is 5.84 Å². The third kappa shape index (κ3) is 2.51. The Labute approximate surface area is 129 Å². The number of amidine groups is 1. The van der Waals surface area contributed by atoms with Crippen LogP contribution in [0, 0.1) is 5.82 Å². The predicted molar refractivity (Wildman–Crippen MR) is 85.0 cm³/mol. The first-order chi connectivity index (χ1) is 10.8. The Morgan fingerprint density at radius 1 is 1.23 bits per heavy atom. The average Bonchev–Trinajstić information content (AvgIpc) is 3.08. The topological polar surface area (TPSA) is 42.2 Å². The minimum atomic E-state index is -0.234. The molecule has 1 N–H and O–H groups in total. The van der Waals surface area contributed by atoms with Gasteiger partial charge in [0.15, 0.2) is 0 Å². The second-order valence-electron chi connectivity index (χ2n) is 6.06. The Kier molecular flexibility index (Phi) is 3.41. The number of nitrogens with one attached hydrogen (secondary N) is 1. The lowest BCUT2D eigenvalue weighted by molar-refractivity contribution is 0.443. The van der Waals surface area contributed by atoms with E-state index >= 15 is 0 Å². The average molecular weight is 298 g/mol. The van der Waals surface area contributed by atoms with Gasteiger partial charge >= 0.3 is 0 Å². The molecule has 4 rings (SSSR count). The van der Waals surface area contributed by atoms with Crippen molar-refractivity contribution < 1.29 is 4.39 Å². The van der Waals surface area contributed by atoms with E-state index in [0.717, 1.165) is 29.3 Å². The maximum Gasteiger partial charge on any atom is 0.136 e. The van der Waals surface area contributed by atoms with E-state index in [4.69, 9.17) is 4.99 Å². The maximum atomic E-state index is 13.4. The Morgan fingerprint density at radius 3 is 2.91 bits per heavy atom. The van der Waals surface area contributed by atoms with Crippen LogP contribution in [-0.4, -0.2) is 21.5 Å². The molecule has 0 unspecified atom stereocenters. The summed E-state index contributed by atoms with van der Waals surface area (Å²) in [6.45, 7) is 0. The second kappa shape index (κ2) is 5.55. The number of benzene rings is 1. The van der Waals surface area contributed by atoms with Crippen LogP contribution in [0.1, 0.15) is 37.9 Å². The lowest BCUT2D eigenvalue weighted by atomic mass is 9.96. The number of rotatable bonds is 2. The van der Waals surface area contributed by atoms with E-state index in [1.165, 1.54) is 44.2 Å². The summed E-state index contributed by atoms with van der Waals surface area (Å²) in [7, 11) is 0. The van der Waals surface area contributed by atoms with Gasteiger partial charge in [-0.1, -0.05) is 31.4 Å². The van der Waals surface area contributed by atoms with Crippen molar-refractivity contribution in [2.24, 2.45) is 4.99 Å². The zero-order valence-corrected chi connectivity index (χ0v) is 12.4. The van der Waals surface area contributed by atoms with Gasteiger partial charge in [0.25, 0.3) is 0 Å². The quantitative estimate of drug-likeness (QED) is 0.921. The number of fused-ring (bicyclic) bond motifs is 1. The van der Waals surface area contributed by atoms with Crippen molar-refractivity contribution in [2.45, 2.75) is 44.6 Å². The van der Waals surface area contributed by atoms with Gasteiger partial charge in [-0.05, 0) is 25.0 Å². The molecule has 22 heavy (non-hydrogen) atoms. The van der Waals surface area contributed by atoms with Crippen LogP contribution >= 0.6 is 0 Å². The standard InChI is InChI=1S/C17H19FN4/c18-13-6-4-5-12(9-13)15-11-19-17-10-16(21-22(15)17)20-14-7-2-1-3-8-14/h4-6,9,11,14H,1-3,7-8,10H2,(H,20,21). The van der Waals surface area contributed by atoms with Gasteiger partial charge in [0.1, 0.15) is 17.5 Å². The highest BCUT2D eigenvalue weighted by atomic mass is 19.1. The van der Waals surface area contributed by atoms with Gasteiger partial charge in [-0.15, -0.1) is 0 Å². The van der Waals surface area contributed by atoms with Crippen LogP contribution in [0.2, 0.25) is 0 Å². The maximum absolute atomic E-state index is 13.4. The molecule has 1 aliphatic heterocycles.